The Morgan fingerprint density at radius 2 is 2.29 bits per heavy atom. The van der Waals surface area contributed by atoms with Gasteiger partial charge in [0.2, 0.25) is 0 Å². The molecule has 0 amide bonds. The molecular weight excluding hydrogens is 287 g/mol. The van der Waals surface area contributed by atoms with Crippen molar-refractivity contribution in [1.29, 1.82) is 0 Å². The van der Waals surface area contributed by atoms with Gasteiger partial charge in [-0.15, -0.1) is 5.10 Å². The highest BCUT2D eigenvalue weighted by Crippen LogP contribution is 2.17. The summed E-state index contributed by atoms with van der Waals surface area (Å²) in [7, 11) is 0. The van der Waals surface area contributed by atoms with E-state index < -0.39 is 0 Å². The summed E-state index contributed by atoms with van der Waals surface area (Å²) in [5.41, 5.74) is 7.38. The first-order valence-electron chi connectivity index (χ1n) is 5.16. The van der Waals surface area contributed by atoms with Crippen molar-refractivity contribution >= 4 is 15.9 Å². The minimum atomic E-state index is -0.274. The van der Waals surface area contributed by atoms with Crippen molar-refractivity contribution in [3.05, 3.63) is 45.9 Å². The fourth-order valence-electron chi connectivity index (χ4n) is 1.42. The van der Waals surface area contributed by atoms with Gasteiger partial charge in [-0.3, -0.25) is 0 Å². The maximum atomic E-state index is 13.0. The van der Waals surface area contributed by atoms with Crippen LogP contribution in [0.3, 0.4) is 0 Å². The number of halogens is 2. The van der Waals surface area contributed by atoms with E-state index in [2.05, 4.69) is 26.2 Å². The molecule has 1 aromatic carbocycles. The van der Waals surface area contributed by atoms with Crippen LogP contribution in [0, 0.1) is 5.82 Å². The lowest BCUT2D eigenvalue weighted by Crippen LogP contribution is -2.05. The molecule has 1 heterocycles. The quantitative estimate of drug-likeness (QED) is 0.945. The predicted molar refractivity (Wildman–Crippen MR) is 65.8 cm³/mol. The van der Waals surface area contributed by atoms with Crippen molar-refractivity contribution in [2.75, 3.05) is 0 Å². The van der Waals surface area contributed by atoms with Crippen molar-refractivity contribution in [2.24, 2.45) is 5.73 Å². The Morgan fingerprint density at radius 3 is 2.88 bits per heavy atom. The maximum absolute atomic E-state index is 13.0. The minimum absolute atomic E-state index is 0.135. The Kier molecular flexibility index (Phi) is 3.54. The minimum Gasteiger partial charge on any atom is -0.323 e. The average molecular weight is 299 g/mol. The molecule has 0 saturated heterocycles. The molecule has 0 aliphatic rings. The molecule has 0 fully saturated rings. The third kappa shape index (κ3) is 2.89. The number of nitrogens with two attached hydrogens (primary N) is 1. The van der Waals surface area contributed by atoms with E-state index in [4.69, 9.17) is 5.73 Å². The first kappa shape index (κ1) is 12.2. The SMILES string of the molecule is CC(N)c1cn(Cc2ccc(F)c(Br)c2)nn1. The molecule has 0 bridgehead atoms. The Balaban J connectivity index is 2.16. The highest BCUT2D eigenvalue weighted by Gasteiger charge is 2.06. The Labute approximate surface area is 107 Å². The molecule has 90 valence electrons. The molecule has 0 aliphatic heterocycles. The molecule has 2 aromatic rings. The topological polar surface area (TPSA) is 56.7 Å². The lowest BCUT2D eigenvalue weighted by atomic mass is 10.2. The van der Waals surface area contributed by atoms with Gasteiger partial charge in [-0.05, 0) is 40.5 Å². The van der Waals surface area contributed by atoms with Crippen LogP contribution in [0.2, 0.25) is 0 Å². The highest BCUT2D eigenvalue weighted by atomic mass is 79.9. The van der Waals surface area contributed by atoms with Crippen LogP contribution in [0.15, 0.2) is 28.9 Å². The fourth-order valence-corrected chi connectivity index (χ4v) is 1.85. The summed E-state index contributed by atoms with van der Waals surface area (Å²) in [4.78, 5) is 0. The monoisotopic (exact) mass is 298 g/mol. The van der Waals surface area contributed by atoms with E-state index in [9.17, 15) is 4.39 Å². The smallest absolute Gasteiger partial charge is 0.137 e. The van der Waals surface area contributed by atoms with Crippen molar-refractivity contribution < 1.29 is 4.39 Å². The van der Waals surface area contributed by atoms with Crippen LogP contribution >= 0.6 is 15.9 Å². The number of hydrogen-bond acceptors (Lipinski definition) is 3. The molecule has 1 unspecified atom stereocenters. The molecule has 0 radical (unpaired) electrons. The highest BCUT2D eigenvalue weighted by molar-refractivity contribution is 9.10. The lowest BCUT2D eigenvalue weighted by molar-refractivity contribution is 0.615. The largest absolute Gasteiger partial charge is 0.323 e. The van der Waals surface area contributed by atoms with E-state index >= 15 is 0 Å². The summed E-state index contributed by atoms with van der Waals surface area (Å²) >= 11 is 3.15. The van der Waals surface area contributed by atoms with E-state index in [0.29, 0.717) is 11.0 Å². The van der Waals surface area contributed by atoms with Crippen LogP contribution < -0.4 is 5.73 Å². The summed E-state index contributed by atoms with van der Waals surface area (Å²) in [5, 5.41) is 7.92. The standard InChI is InChI=1S/C11H12BrFN4/c1-7(14)11-6-17(16-15-11)5-8-2-3-10(13)9(12)4-8/h2-4,6-7H,5,14H2,1H3. The molecule has 0 saturated carbocycles. The van der Waals surface area contributed by atoms with Crippen LogP contribution in [-0.2, 0) is 6.54 Å². The lowest BCUT2D eigenvalue weighted by Gasteiger charge is -2.02. The molecule has 0 spiro atoms. The molecule has 1 atom stereocenters. The van der Waals surface area contributed by atoms with Crippen LogP contribution in [0.4, 0.5) is 4.39 Å². The third-order valence-corrected chi connectivity index (χ3v) is 2.96. The molecule has 2 N–H and O–H groups in total. The summed E-state index contributed by atoms with van der Waals surface area (Å²) in [6.45, 7) is 2.39. The van der Waals surface area contributed by atoms with Gasteiger partial charge in [-0.1, -0.05) is 11.3 Å². The van der Waals surface area contributed by atoms with E-state index in [0.717, 1.165) is 11.3 Å². The first-order valence-corrected chi connectivity index (χ1v) is 5.95. The zero-order valence-corrected chi connectivity index (χ0v) is 10.9. The second-order valence-electron chi connectivity index (χ2n) is 3.88. The molecule has 6 heteroatoms. The second-order valence-corrected chi connectivity index (χ2v) is 4.73. The normalized spacial score (nSPS) is 12.7. The van der Waals surface area contributed by atoms with Crippen LogP contribution in [0.25, 0.3) is 0 Å². The summed E-state index contributed by atoms with van der Waals surface area (Å²) in [6, 6.07) is 4.72. The second kappa shape index (κ2) is 4.93. The van der Waals surface area contributed by atoms with Gasteiger partial charge in [0.25, 0.3) is 0 Å². The van der Waals surface area contributed by atoms with Gasteiger partial charge in [0, 0.05) is 6.04 Å². The van der Waals surface area contributed by atoms with Crippen molar-refractivity contribution in [1.82, 2.24) is 15.0 Å². The van der Waals surface area contributed by atoms with Crippen molar-refractivity contribution in [2.45, 2.75) is 19.5 Å². The molecular formula is C11H12BrFN4. The van der Waals surface area contributed by atoms with E-state index in [1.165, 1.54) is 6.07 Å². The fraction of sp³-hybridized carbons (Fsp3) is 0.273. The van der Waals surface area contributed by atoms with E-state index in [1.807, 2.05) is 6.92 Å². The summed E-state index contributed by atoms with van der Waals surface area (Å²) < 4.78 is 15.2. The van der Waals surface area contributed by atoms with Crippen molar-refractivity contribution in [3.8, 4) is 0 Å². The molecule has 4 nitrogen and oxygen atoms in total. The van der Waals surface area contributed by atoms with Gasteiger partial charge in [-0.2, -0.15) is 0 Å². The third-order valence-electron chi connectivity index (χ3n) is 2.35. The summed E-state index contributed by atoms with van der Waals surface area (Å²) in [5.74, 6) is -0.274. The van der Waals surface area contributed by atoms with Gasteiger partial charge in [0.15, 0.2) is 0 Å². The van der Waals surface area contributed by atoms with Crippen molar-refractivity contribution in [3.63, 3.8) is 0 Å². The number of nitrogens with zero attached hydrogens (tertiary/aromatic N) is 3. The van der Waals surface area contributed by atoms with E-state index in [1.54, 1.807) is 23.0 Å². The van der Waals surface area contributed by atoms with Gasteiger partial charge in [0.05, 0.1) is 22.9 Å². The van der Waals surface area contributed by atoms with Gasteiger partial charge in [0.1, 0.15) is 5.82 Å². The van der Waals surface area contributed by atoms with Crippen LogP contribution in [-0.4, -0.2) is 15.0 Å². The number of hydrogen-bond donors (Lipinski definition) is 1. The maximum Gasteiger partial charge on any atom is 0.137 e. The molecule has 17 heavy (non-hydrogen) atoms. The summed E-state index contributed by atoms with van der Waals surface area (Å²) in [6.07, 6.45) is 1.79. The average Bonchev–Trinajstić information content (AvgIpc) is 2.72. The first-order chi connectivity index (χ1) is 8.06. The van der Waals surface area contributed by atoms with Crippen LogP contribution in [0.1, 0.15) is 24.2 Å². The van der Waals surface area contributed by atoms with Gasteiger partial charge in [-0.25, -0.2) is 9.07 Å². The van der Waals surface area contributed by atoms with E-state index in [-0.39, 0.29) is 11.9 Å². The number of rotatable bonds is 3. The number of benzene rings is 1. The Hall–Kier alpha value is -1.27. The van der Waals surface area contributed by atoms with Crippen LogP contribution in [0.5, 0.6) is 0 Å². The molecule has 1 aromatic heterocycles. The molecule has 0 aliphatic carbocycles. The zero-order valence-electron chi connectivity index (χ0n) is 9.27. The van der Waals surface area contributed by atoms with Gasteiger partial charge < -0.3 is 5.73 Å². The molecule has 2 rings (SSSR count). The van der Waals surface area contributed by atoms with Gasteiger partial charge >= 0.3 is 0 Å². The predicted octanol–water partition coefficient (Wildman–Crippen LogP) is 2.25. The number of aromatic nitrogens is 3. The zero-order chi connectivity index (χ0) is 12.4. The Morgan fingerprint density at radius 1 is 1.53 bits per heavy atom. The Bertz CT molecular complexity index is 524.